The Morgan fingerprint density at radius 3 is 2.59 bits per heavy atom. The molecule has 2 aromatic carbocycles. The lowest BCUT2D eigenvalue weighted by Gasteiger charge is -2.13. The number of carboxylic acids is 1. The van der Waals surface area contributed by atoms with Crippen molar-refractivity contribution in [2.45, 2.75) is 26.4 Å². The van der Waals surface area contributed by atoms with Crippen molar-refractivity contribution < 1.29 is 23.6 Å². The van der Waals surface area contributed by atoms with E-state index in [-0.39, 0.29) is 22.0 Å². The lowest BCUT2D eigenvalue weighted by Crippen LogP contribution is -2.18. The Hall–Kier alpha value is -3.42. The van der Waals surface area contributed by atoms with Crippen molar-refractivity contribution in [3.05, 3.63) is 81.2 Å². The maximum Gasteiger partial charge on any atom is 0.268 e. The fourth-order valence-electron chi connectivity index (χ4n) is 3.86. The molecule has 2 aromatic heterocycles. The lowest BCUT2D eigenvalue weighted by atomic mass is 9.98. The van der Waals surface area contributed by atoms with Crippen LogP contribution >= 0.6 is 23.2 Å². The quantitative estimate of drug-likeness (QED) is 0.335. The molecule has 0 aliphatic carbocycles. The predicted molar refractivity (Wildman–Crippen MR) is 127 cm³/mol. The van der Waals surface area contributed by atoms with Gasteiger partial charge in [-0.05, 0) is 62.2 Å². The third-order valence-corrected chi connectivity index (χ3v) is 5.85. The van der Waals surface area contributed by atoms with Crippen molar-refractivity contribution in [2.24, 2.45) is 0 Å². The first-order chi connectivity index (χ1) is 16.0. The summed E-state index contributed by atoms with van der Waals surface area (Å²) in [4.78, 5) is 24.7. The first-order valence-electron chi connectivity index (χ1n) is 10.2. The number of hydrogen-bond donors (Lipinski definition) is 0. The van der Waals surface area contributed by atoms with Crippen LogP contribution in [0.4, 0.5) is 4.39 Å². The van der Waals surface area contributed by atoms with Crippen LogP contribution in [-0.2, 0) is 10.5 Å². The van der Waals surface area contributed by atoms with Gasteiger partial charge in [-0.15, -0.1) is 0 Å². The predicted octanol–water partition coefficient (Wildman–Crippen LogP) is 5.57. The van der Waals surface area contributed by atoms with Crippen molar-refractivity contribution >= 4 is 52.1 Å². The van der Waals surface area contributed by atoms with Gasteiger partial charge >= 0.3 is 0 Å². The van der Waals surface area contributed by atoms with Gasteiger partial charge in [0.15, 0.2) is 11.4 Å². The van der Waals surface area contributed by atoms with Crippen molar-refractivity contribution in [1.82, 2.24) is 9.72 Å². The van der Waals surface area contributed by atoms with E-state index in [1.165, 1.54) is 30.6 Å². The Morgan fingerprint density at radius 1 is 1.21 bits per heavy atom. The Bertz CT molecular complexity index is 1480. The molecule has 0 unspecified atom stereocenters. The van der Waals surface area contributed by atoms with Gasteiger partial charge in [0.25, 0.3) is 5.91 Å². The number of nitrogens with zero attached hydrogens (tertiary/aromatic N) is 2. The van der Waals surface area contributed by atoms with Crippen LogP contribution in [0.1, 0.15) is 41.1 Å². The van der Waals surface area contributed by atoms with Gasteiger partial charge in [-0.2, -0.15) is 0 Å². The van der Waals surface area contributed by atoms with Crippen LogP contribution in [0.15, 0.2) is 53.2 Å². The highest BCUT2D eigenvalue weighted by Crippen LogP contribution is 2.39. The molecule has 0 saturated carbocycles. The number of aliphatic carboxylic acids is 1. The molecule has 9 heteroatoms. The summed E-state index contributed by atoms with van der Waals surface area (Å²) >= 11 is 12.4. The molecule has 0 N–H and O–H groups in total. The number of halogens is 3. The van der Waals surface area contributed by atoms with Crippen molar-refractivity contribution in [1.29, 1.82) is 0 Å². The van der Waals surface area contributed by atoms with Gasteiger partial charge in [0, 0.05) is 22.2 Å². The summed E-state index contributed by atoms with van der Waals surface area (Å²) in [5, 5.41) is 16.1. The van der Waals surface area contributed by atoms with Gasteiger partial charge < -0.3 is 14.4 Å². The minimum atomic E-state index is -2.02. The zero-order chi connectivity index (χ0) is 24.8. The smallest absolute Gasteiger partial charge is 0.268 e. The molecule has 34 heavy (non-hydrogen) atoms. The number of rotatable bonds is 5. The van der Waals surface area contributed by atoms with E-state index in [1.54, 1.807) is 43.5 Å². The zero-order valence-electron chi connectivity index (χ0n) is 18.4. The van der Waals surface area contributed by atoms with Gasteiger partial charge in [0.2, 0.25) is 0 Å². The van der Waals surface area contributed by atoms with Crippen LogP contribution in [0.5, 0.6) is 0 Å². The minimum Gasteiger partial charge on any atom is -0.545 e. The van der Waals surface area contributed by atoms with Crippen molar-refractivity contribution in [2.75, 3.05) is 0 Å². The molecular weight excluding hydrogens is 482 g/mol. The average molecular weight is 500 g/mol. The highest BCUT2D eigenvalue weighted by Gasteiger charge is 2.36. The monoisotopic (exact) mass is 499 g/mol. The molecule has 4 rings (SSSR count). The molecule has 4 aromatic rings. The Balaban J connectivity index is 1.96. The number of fused-ring (bicyclic) bond motifs is 1. The van der Waals surface area contributed by atoms with E-state index < -0.39 is 17.5 Å². The second-order valence-electron chi connectivity index (χ2n) is 8.21. The number of hydrogen-bond acceptors (Lipinski definition) is 5. The maximum atomic E-state index is 15.1. The summed E-state index contributed by atoms with van der Waals surface area (Å²) in [5.41, 5.74) is 0.146. The molecule has 0 spiro atoms. The largest absolute Gasteiger partial charge is 0.545 e. The standard InChI is InChI=1S/C25H19Cl2FN2O4/c1-13-12-30(18-6-4-5-14(20(13)18)7-10-19(31)32)24(33)21-22(29-34-23(21)25(2,3)28)16-9-8-15(26)11-17(16)27/h4-12H,1-3H3,(H,31,32)/p-1/b10-7+. The lowest BCUT2D eigenvalue weighted by molar-refractivity contribution is -0.297. The third kappa shape index (κ3) is 4.24. The molecule has 2 heterocycles. The van der Waals surface area contributed by atoms with Crippen LogP contribution in [0.3, 0.4) is 0 Å². The molecule has 0 aliphatic rings. The molecule has 0 aliphatic heterocycles. The maximum absolute atomic E-state index is 15.1. The molecule has 0 saturated heterocycles. The number of alkyl halides is 1. The van der Waals surface area contributed by atoms with Gasteiger partial charge in [-0.3, -0.25) is 9.36 Å². The highest BCUT2D eigenvalue weighted by molar-refractivity contribution is 6.36. The second-order valence-corrected chi connectivity index (χ2v) is 9.06. The van der Waals surface area contributed by atoms with Crippen LogP contribution in [0, 0.1) is 6.92 Å². The molecule has 0 radical (unpaired) electrons. The SMILES string of the molecule is Cc1cn(C(=O)c2c(-c3ccc(Cl)cc3Cl)noc2C(C)(C)F)c2cccc(/C=C/C(=O)[O-])c12. The highest BCUT2D eigenvalue weighted by atomic mass is 35.5. The average Bonchev–Trinajstić information content (AvgIpc) is 3.34. The number of aromatic nitrogens is 2. The summed E-state index contributed by atoms with van der Waals surface area (Å²) in [7, 11) is 0. The fourth-order valence-corrected chi connectivity index (χ4v) is 4.36. The molecule has 0 bridgehead atoms. The summed E-state index contributed by atoms with van der Waals surface area (Å²) in [6, 6.07) is 9.77. The summed E-state index contributed by atoms with van der Waals surface area (Å²) in [6.07, 6.45) is 3.91. The number of carbonyl (C=O) groups excluding carboxylic acids is 2. The van der Waals surface area contributed by atoms with E-state index in [2.05, 4.69) is 5.16 Å². The zero-order valence-corrected chi connectivity index (χ0v) is 19.9. The Morgan fingerprint density at radius 2 is 1.94 bits per heavy atom. The summed E-state index contributed by atoms with van der Waals surface area (Å²) < 4.78 is 21.8. The molecule has 0 amide bonds. The summed E-state index contributed by atoms with van der Waals surface area (Å²) in [6.45, 7) is 4.31. The van der Waals surface area contributed by atoms with E-state index in [9.17, 15) is 14.7 Å². The van der Waals surface area contributed by atoms with Crippen molar-refractivity contribution in [3.63, 3.8) is 0 Å². The van der Waals surface area contributed by atoms with Crippen LogP contribution in [-0.4, -0.2) is 21.6 Å². The molecule has 174 valence electrons. The van der Waals surface area contributed by atoms with E-state index in [0.29, 0.717) is 32.6 Å². The van der Waals surface area contributed by atoms with Gasteiger partial charge in [-0.1, -0.05) is 46.6 Å². The van der Waals surface area contributed by atoms with Crippen LogP contribution < -0.4 is 5.11 Å². The Labute approximate surface area is 204 Å². The summed E-state index contributed by atoms with van der Waals surface area (Å²) in [5.74, 6) is -2.16. The molecule has 0 atom stereocenters. The number of carboxylic acid groups (broad SMARTS) is 1. The first kappa shape index (κ1) is 23.7. The van der Waals surface area contributed by atoms with Crippen LogP contribution in [0.25, 0.3) is 28.2 Å². The minimum absolute atomic E-state index is 0.0793. The molecular formula is C25H18Cl2FN2O4-. The van der Waals surface area contributed by atoms with E-state index in [4.69, 9.17) is 27.7 Å². The Kier molecular flexibility index (Phi) is 6.10. The topological polar surface area (TPSA) is 88.2 Å². The fraction of sp³-hybridized carbons (Fsp3) is 0.160. The van der Waals surface area contributed by atoms with E-state index >= 15 is 4.39 Å². The third-order valence-electron chi connectivity index (χ3n) is 5.30. The number of benzene rings is 2. The van der Waals surface area contributed by atoms with Gasteiger partial charge in [0.05, 0.1) is 16.5 Å². The first-order valence-corrected chi connectivity index (χ1v) is 10.9. The molecule has 0 fully saturated rings. The number of aryl methyl sites for hydroxylation is 1. The normalized spacial score (nSPS) is 12.1. The van der Waals surface area contributed by atoms with E-state index in [0.717, 1.165) is 6.08 Å². The second kappa shape index (κ2) is 8.74. The van der Waals surface area contributed by atoms with E-state index in [1.807, 2.05) is 0 Å². The number of carbonyl (C=O) groups is 2. The molecule has 6 nitrogen and oxygen atoms in total. The van der Waals surface area contributed by atoms with Gasteiger partial charge in [0.1, 0.15) is 11.3 Å². The van der Waals surface area contributed by atoms with Crippen LogP contribution in [0.2, 0.25) is 10.0 Å². The van der Waals surface area contributed by atoms with Crippen molar-refractivity contribution in [3.8, 4) is 11.3 Å². The van der Waals surface area contributed by atoms with Gasteiger partial charge in [-0.25, -0.2) is 4.39 Å².